The summed E-state index contributed by atoms with van der Waals surface area (Å²) < 4.78 is 10.8. The van der Waals surface area contributed by atoms with Gasteiger partial charge in [-0.05, 0) is 18.2 Å². The van der Waals surface area contributed by atoms with Crippen LogP contribution < -0.4 is 14.5 Å². The molecule has 2 aliphatic heterocycles. The van der Waals surface area contributed by atoms with Gasteiger partial charge in [0.05, 0.1) is 26.0 Å². The molecule has 0 aliphatic carbocycles. The number of methoxy groups -OCH3 is 1. The summed E-state index contributed by atoms with van der Waals surface area (Å²) in [5, 5.41) is 0. The molecule has 1 amide bonds. The Balaban J connectivity index is 1.41. The summed E-state index contributed by atoms with van der Waals surface area (Å²) in [6.45, 7) is 5.62. The molecule has 2 aromatic rings. The van der Waals surface area contributed by atoms with Crippen LogP contribution in [0.15, 0.2) is 36.5 Å². The second kappa shape index (κ2) is 8.43. The Morgan fingerprint density at radius 1 is 1.00 bits per heavy atom. The SMILES string of the molecule is COc1ccccc1N1CCN(C(=O)c2ccnc(N3CCOCC3)n2)CC1. The van der Waals surface area contributed by atoms with Gasteiger partial charge in [0.25, 0.3) is 5.91 Å². The highest BCUT2D eigenvalue weighted by atomic mass is 16.5. The summed E-state index contributed by atoms with van der Waals surface area (Å²) >= 11 is 0. The van der Waals surface area contributed by atoms with Gasteiger partial charge in [0, 0.05) is 45.5 Å². The maximum atomic E-state index is 13.0. The zero-order valence-corrected chi connectivity index (χ0v) is 16.1. The maximum Gasteiger partial charge on any atom is 0.272 e. The van der Waals surface area contributed by atoms with Crippen molar-refractivity contribution in [1.82, 2.24) is 14.9 Å². The monoisotopic (exact) mass is 383 g/mol. The number of aromatic nitrogens is 2. The van der Waals surface area contributed by atoms with Crippen molar-refractivity contribution in [2.45, 2.75) is 0 Å². The van der Waals surface area contributed by atoms with E-state index in [2.05, 4.69) is 25.8 Å². The van der Waals surface area contributed by atoms with Gasteiger partial charge in [-0.25, -0.2) is 9.97 Å². The maximum absolute atomic E-state index is 13.0. The van der Waals surface area contributed by atoms with Crippen molar-refractivity contribution in [3.05, 3.63) is 42.2 Å². The fourth-order valence-electron chi connectivity index (χ4n) is 3.59. The number of hydrogen-bond acceptors (Lipinski definition) is 7. The molecule has 0 N–H and O–H groups in total. The van der Waals surface area contributed by atoms with Gasteiger partial charge in [0.2, 0.25) is 5.95 Å². The Bertz CT molecular complexity index is 817. The van der Waals surface area contributed by atoms with Crippen LogP contribution in [0.4, 0.5) is 11.6 Å². The average molecular weight is 383 g/mol. The van der Waals surface area contributed by atoms with E-state index in [9.17, 15) is 4.79 Å². The van der Waals surface area contributed by atoms with Gasteiger partial charge in [-0.2, -0.15) is 0 Å². The van der Waals surface area contributed by atoms with Gasteiger partial charge in [0.15, 0.2) is 0 Å². The number of amides is 1. The average Bonchev–Trinajstić information content (AvgIpc) is 2.79. The first kappa shape index (κ1) is 18.5. The van der Waals surface area contributed by atoms with Crippen molar-refractivity contribution in [1.29, 1.82) is 0 Å². The fraction of sp³-hybridized carbons (Fsp3) is 0.450. The molecule has 0 radical (unpaired) electrons. The minimum Gasteiger partial charge on any atom is -0.495 e. The van der Waals surface area contributed by atoms with E-state index in [0.717, 1.165) is 37.6 Å². The smallest absolute Gasteiger partial charge is 0.272 e. The molecule has 1 aromatic carbocycles. The van der Waals surface area contributed by atoms with Crippen LogP contribution >= 0.6 is 0 Å². The van der Waals surface area contributed by atoms with E-state index in [1.807, 2.05) is 23.1 Å². The number of anilines is 2. The minimum absolute atomic E-state index is 0.0448. The van der Waals surface area contributed by atoms with Crippen LogP contribution in [0.5, 0.6) is 5.75 Å². The van der Waals surface area contributed by atoms with Crippen LogP contribution in [-0.4, -0.2) is 80.4 Å². The Morgan fingerprint density at radius 2 is 1.75 bits per heavy atom. The first-order chi connectivity index (χ1) is 13.8. The predicted octanol–water partition coefficient (Wildman–Crippen LogP) is 1.28. The molecule has 2 fully saturated rings. The van der Waals surface area contributed by atoms with Crippen molar-refractivity contribution in [3.8, 4) is 5.75 Å². The lowest BCUT2D eigenvalue weighted by Gasteiger charge is -2.36. The van der Waals surface area contributed by atoms with E-state index in [0.29, 0.717) is 37.9 Å². The molecule has 3 heterocycles. The molecule has 2 saturated heterocycles. The number of ether oxygens (including phenoxy) is 2. The van der Waals surface area contributed by atoms with Gasteiger partial charge < -0.3 is 24.2 Å². The number of piperazine rings is 1. The minimum atomic E-state index is -0.0448. The summed E-state index contributed by atoms with van der Waals surface area (Å²) in [5.41, 5.74) is 1.51. The van der Waals surface area contributed by atoms with Crippen molar-refractivity contribution < 1.29 is 14.3 Å². The Kier molecular flexibility index (Phi) is 5.57. The van der Waals surface area contributed by atoms with Gasteiger partial charge >= 0.3 is 0 Å². The highest BCUT2D eigenvalue weighted by molar-refractivity contribution is 5.92. The molecular formula is C20H25N5O3. The number of morpholine rings is 1. The number of rotatable bonds is 4. The third-order valence-corrected chi connectivity index (χ3v) is 5.15. The molecule has 0 spiro atoms. The lowest BCUT2D eigenvalue weighted by atomic mass is 10.2. The number of nitrogens with zero attached hydrogens (tertiary/aromatic N) is 5. The molecule has 148 valence electrons. The van der Waals surface area contributed by atoms with E-state index in [4.69, 9.17) is 9.47 Å². The fourth-order valence-corrected chi connectivity index (χ4v) is 3.59. The van der Waals surface area contributed by atoms with Crippen LogP contribution in [0.1, 0.15) is 10.5 Å². The van der Waals surface area contributed by atoms with Gasteiger partial charge in [-0.3, -0.25) is 4.79 Å². The molecule has 28 heavy (non-hydrogen) atoms. The topological polar surface area (TPSA) is 71.0 Å². The van der Waals surface area contributed by atoms with Crippen LogP contribution in [0, 0.1) is 0 Å². The van der Waals surface area contributed by atoms with Crippen molar-refractivity contribution >= 4 is 17.5 Å². The van der Waals surface area contributed by atoms with E-state index >= 15 is 0 Å². The second-order valence-electron chi connectivity index (χ2n) is 6.79. The molecule has 0 atom stereocenters. The number of carbonyl (C=O) groups is 1. The molecule has 2 aliphatic rings. The van der Waals surface area contributed by atoms with E-state index in [1.165, 1.54) is 0 Å². The summed E-state index contributed by atoms with van der Waals surface area (Å²) in [6, 6.07) is 9.67. The number of hydrogen-bond donors (Lipinski definition) is 0. The summed E-state index contributed by atoms with van der Waals surface area (Å²) in [6.07, 6.45) is 1.66. The zero-order chi connectivity index (χ0) is 19.3. The van der Waals surface area contributed by atoms with E-state index < -0.39 is 0 Å². The van der Waals surface area contributed by atoms with Crippen molar-refractivity contribution in [3.63, 3.8) is 0 Å². The highest BCUT2D eigenvalue weighted by Crippen LogP contribution is 2.28. The van der Waals surface area contributed by atoms with Gasteiger partial charge in [0.1, 0.15) is 11.4 Å². The largest absolute Gasteiger partial charge is 0.495 e. The predicted molar refractivity (Wildman–Crippen MR) is 106 cm³/mol. The first-order valence-electron chi connectivity index (χ1n) is 9.59. The summed E-state index contributed by atoms with van der Waals surface area (Å²) in [7, 11) is 1.68. The number of carbonyl (C=O) groups excluding carboxylic acids is 1. The molecule has 8 heteroatoms. The Morgan fingerprint density at radius 3 is 2.50 bits per heavy atom. The lowest BCUT2D eigenvalue weighted by molar-refractivity contribution is 0.0740. The van der Waals surface area contributed by atoms with E-state index in [1.54, 1.807) is 19.4 Å². The molecule has 4 rings (SSSR count). The second-order valence-corrected chi connectivity index (χ2v) is 6.79. The van der Waals surface area contributed by atoms with Crippen LogP contribution in [0.25, 0.3) is 0 Å². The standard InChI is InChI=1S/C20H25N5O3/c1-27-18-5-3-2-4-17(18)23-8-10-24(11-9-23)19(26)16-6-7-21-20(22-16)25-12-14-28-15-13-25/h2-7H,8-15H2,1H3. The van der Waals surface area contributed by atoms with Crippen LogP contribution in [-0.2, 0) is 4.74 Å². The quantitative estimate of drug-likeness (QED) is 0.788. The summed E-state index contributed by atoms with van der Waals surface area (Å²) in [4.78, 5) is 28.0. The highest BCUT2D eigenvalue weighted by Gasteiger charge is 2.25. The molecular weight excluding hydrogens is 358 g/mol. The normalized spacial score (nSPS) is 17.5. The number of benzene rings is 1. The lowest BCUT2D eigenvalue weighted by Crippen LogP contribution is -2.49. The summed E-state index contributed by atoms with van der Waals surface area (Å²) in [5.74, 6) is 1.41. The van der Waals surface area contributed by atoms with Crippen molar-refractivity contribution in [2.24, 2.45) is 0 Å². The van der Waals surface area contributed by atoms with Gasteiger partial charge in [-0.15, -0.1) is 0 Å². The van der Waals surface area contributed by atoms with Crippen LogP contribution in [0.3, 0.4) is 0 Å². The third kappa shape index (κ3) is 3.87. The molecule has 0 unspecified atom stereocenters. The Hall–Kier alpha value is -2.87. The molecule has 0 saturated carbocycles. The third-order valence-electron chi connectivity index (χ3n) is 5.15. The molecule has 8 nitrogen and oxygen atoms in total. The van der Waals surface area contributed by atoms with Crippen LogP contribution in [0.2, 0.25) is 0 Å². The number of para-hydroxylation sites is 2. The zero-order valence-electron chi connectivity index (χ0n) is 16.1. The molecule has 1 aromatic heterocycles. The Labute approximate surface area is 164 Å². The molecule has 0 bridgehead atoms. The first-order valence-corrected chi connectivity index (χ1v) is 9.59. The van der Waals surface area contributed by atoms with Crippen molar-refractivity contribution in [2.75, 3.05) is 69.4 Å². The van der Waals surface area contributed by atoms with E-state index in [-0.39, 0.29) is 5.91 Å². The van der Waals surface area contributed by atoms with Gasteiger partial charge in [-0.1, -0.05) is 12.1 Å².